The van der Waals surface area contributed by atoms with Crippen LogP contribution in [0.5, 0.6) is 0 Å². The van der Waals surface area contributed by atoms with E-state index in [1.54, 1.807) is 4.90 Å². The molecule has 3 aliphatic rings. The van der Waals surface area contributed by atoms with Crippen LogP contribution in [0, 0.1) is 0 Å². The van der Waals surface area contributed by atoms with Crippen LogP contribution in [0.1, 0.15) is 39.9 Å². The van der Waals surface area contributed by atoms with Crippen LogP contribution < -0.4 is 0 Å². The quantitative estimate of drug-likeness (QED) is 0.549. The van der Waals surface area contributed by atoms with Gasteiger partial charge < -0.3 is 9.64 Å². The van der Waals surface area contributed by atoms with Crippen molar-refractivity contribution in [3.8, 4) is 0 Å². The molecule has 37 heavy (non-hydrogen) atoms. The number of piperidine rings is 1. The summed E-state index contributed by atoms with van der Waals surface area (Å²) in [7, 11) is 0. The molecule has 0 aromatic heterocycles. The van der Waals surface area contributed by atoms with Crippen molar-refractivity contribution in [1.29, 1.82) is 0 Å². The number of thioether (sulfide) groups is 1. The molecular formula is C27H30F3N3O3S. The van der Waals surface area contributed by atoms with Crippen LogP contribution in [0.2, 0.25) is 0 Å². The standard InChI is InChI=1S/C27H30F3N3O3S/c28-27(29,30)23-7-3-20(4-8-23)17-31-11-9-26(10-12-31)19-33(25(35)36-26)18-21-1-5-22(6-2-21)24(34)32-13-15-37-16-14-32/h1-8H,9-19H2. The first-order valence-electron chi connectivity index (χ1n) is 12.5. The van der Waals surface area contributed by atoms with Crippen molar-refractivity contribution >= 4 is 23.8 Å². The van der Waals surface area contributed by atoms with Gasteiger partial charge in [-0.1, -0.05) is 24.3 Å². The van der Waals surface area contributed by atoms with Crippen LogP contribution in [-0.4, -0.2) is 76.5 Å². The largest absolute Gasteiger partial charge is 0.441 e. The van der Waals surface area contributed by atoms with Crippen molar-refractivity contribution in [1.82, 2.24) is 14.7 Å². The van der Waals surface area contributed by atoms with Crippen LogP contribution in [0.3, 0.4) is 0 Å². The molecule has 0 aliphatic carbocycles. The lowest BCUT2D eigenvalue weighted by Gasteiger charge is -2.37. The highest BCUT2D eigenvalue weighted by Crippen LogP contribution is 2.35. The Bertz CT molecular complexity index is 1110. The number of rotatable bonds is 5. The smallest absolute Gasteiger partial charge is 0.416 e. The number of halogens is 3. The number of carbonyl (C=O) groups is 2. The van der Waals surface area contributed by atoms with Gasteiger partial charge in [0, 0.05) is 69.2 Å². The zero-order valence-corrected chi connectivity index (χ0v) is 21.3. The highest BCUT2D eigenvalue weighted by molar-refractivity contribution is 7.99. The lowest BCUT2D eigenvalue weighted by Crippen LogP contribution is -2.46. The molecule has 0 bridgehead atoms. The minimum atomic E-state index is -4.33. The molecule has 3 fully saturated rings. The summed E-state index contributed by atoms with van der Waals surface area (Å²) in [6.45, 7) is 4.44. The number of ether oxygens (including phenoxy) is 1. The van der Waals surface area contributed by atoms with Crippen LogP contribution in [0.15, 0.2) is 48.5 Å². The third kappa shape index (κ3) is 6.06. The van der Waals surface area contributed by atoms with Crippen molar-refractivity contribution in [2.75, 3.05) is 44.2 Å². The van der Waals surface area contributed by atoms with Gasteiger partial charge in [0.15, 0.2) is 0 Å². The lowest BCUT2D eigenvalue weighted by molar-refractivity contribution is -0.137. The van der Waals surface area contributed by atoms with Crippen molar-refractivity contribution in [2.45, 2.75) is 37.7 Å². The molecule has 0 saturated carbocycles. The summed E-state index contributed by atoms with van der Waals surface area (Å²) in [5.74, 6) is 1.99. The molecule has 3 aliphatic heterocycles. The van der Waals surface area contributed by atoms with Crippen molar-refractivity contribution < 1.29 is 27.5 Å². The molecule has 3 saturated heterocycles. The molecule has 6 nitrogen and oxygen atoms in total. The number of benzene rings is 2. The van der Waals surface area contributed by atoms with Gasteiger partial charge in [-0.2, -0.15) is 24.9 Å². The second-order valence-electron chi connectivity index (χ2n) is 9.98. The van der Waals surface area contributed by atoms with Crippen molar-refractivity contribution in [3.63, 3.8) is 0 Å². The molecule has 2 amide bonds. The Labute approximate surface area is 218 Å². The molecule has 2 aromatic carbocycles. The van der Waals surface area contributed by atoms with Crippen molar-refractivity contribution in [3.05, 3.63) is 70.8 Å². The Morgan fingerprint density at radius 1 is 0.892 bits per heavy atom. The molecular weight excluding hydrogens is 503 g/mol. The number of carbonyl (C=O) groups excluding carboxylic acids is 2. The van der Waals surface area contributed by atoms with E-state index in [4.69, 9.17) is 4.74 Å². The van der Waals surface area contributed by atoms with Gasteiger partial charge in [-0.25, -0.2) is 4.79 Å². The molecule has 0 radical (unpaired) electrons. The maximum Gasteiger partial charge on any atom is 0.416 e. The third-order valence-corrected chi connectivity index (χ3v) is 8.31. The van der Waals surface area contributed by atoms with Gasteiger partial charge >= 0.3 is 12.3 Å². The molecule has 2 aromatic rings. The summed E-state index contributed by atoms with van der Waals surface area (Å²) in [5.41, 5.74) is 1.26. The average Bonchev–Trinajstić information content (AvgIpc) is 3.20. The van der Waals surface area contributed by atoms with Crippen LogP contribution >= 0.6 is 11.8 Å². The summed E-state index contributed by atoms with van der Waals surface area (Å²) in [5, 5.41) is 0. The van der Waals surface area contributed by atoms with E-state index >= 15 is 0 Å². The predicted octanol–water partition coefficient (Wildman–Crippen LogP) is 4.88. The van der Waals surface area contributed by atoms with Crippen LogP contribution in [0.4, 0.5) is 18.0 Å². The normalized spacial score (nSPS) is 20.4. The van der Waals surface area contributed by atoms with E-state index in [0.717, 1.165) is 47.9 Å². The minimum absolute atomic E-state index is 0.0504. The summed E-state index contributed by atoms with van der Waals surface area (Å²) in [6, 6.07) is 12.7. The molecule has 0 atom stereocenters. The van der Waals surface area contributed by atoms with Crippen LogP contribution in [-0.2, 0) is 24.0 Å². The van der Waals surface area contributed by atoms with Gasteiger partial charge in [0.2, 0.25) is 0 Å². The molecule has 3 heterocycles. The second-order valence-corrected chi connectivity index (χ2v) is 11.2. The van der Waals surface area contributed by atoms with E-state index in [9.17, 15) is 22.8 Å². The molecule has 0 unspecified atom stereocenters. The Hall–Kier alpha value is -2.72. The predicted molar refractivity (Wildman–Crippen MR) is 135 cm³/mol. The maximum absolute atomic E-state index is 12.8. The van der Waals surface area contributed by atoms with E-state index in [-0.39, 0.29) is 12.0 Å². The number of hydrogen-bond donors (Lipinski definition) is 0. The second kappa shape index (κ2) is 10.6. The average molecular weight is 534 g/mol. The first-order chi connectivity index (χ1) is 17.7. The number of amides is 2. The van der Waals surface area contributed by atoms with E-state index in [1.165, 1.54) is 12.1 Å². The van der Waals surface area contributed by atoms with Crippen LogP contribution in [0.25, 0.3) is 0 Å². The summed E-state index contributed by atoms with van der Waals surface area (Å²) >= 11 is 1.86. The molecule has 198 valence electrons. The third-order valence-electron chi connectivity index (χ3n) is 7.37. The first-order valence-corrected chi connectivity index (χ1v) is 13.7. The van der Waals surface area contributed by atoms with Gasteiger partial charge in [-0.15, -0.1) is 0 Å². The number of nitrogens with zero attached hydrogens (tertiary/aromatic N) is 3. The molecule has 1 spiro atoms. The van der Waals surface area contributed by atoms with E-state index in [0.29, 0.717) is 51.1 Å². The maximum atomic E-state index is 12.8. The van der Waals surface area contributed by atoms with Gasteiger partial charge in [0.1, 0.15) is 5.60 Å². The van der Waals surface area contributed by atoms with Gasteiger partial charge in [0.25, 0.3) is 5.91 Å². The fourth-order valence-electron chi connectivity index (χ4n) is 5.17. The zero-order chi connectivity index (χ0) is 26.0. The van der Waals surface area contributed by atoms with Gasteiger partial charge in [-0.3, -0.25) is 14.6 Å². The fourth-order valence-corrected chi connectivity index (χ4v) is 6.08. The Morgan fingerprint density at radius 2 is 1.49 bits per heavy atom. The molecule has 10 heteroatoms. The Balaban J connectivity index is 1.12. The molecule has 0 N–H and O–H groups in total. The topological polar surface area (TPSA) is 53.1 Å². The fraction of sp³-hybridized carbons (Fsp3) is 0.481. The Morgan fingerprint density at radius 3 is 2.11 bits per heavy atom. The summed E-state index contributed by atoms with van der Waals surface area (Å²) < 4.78 is 44.2. The highest BCUT2D eigenvalue weighted by atomic mass is 32.2. The van der Waals surface area contributed by atoms with Gasteiger partial charge in [0.05, 0.1) is 12.1 Å². The van der Waals surface area contributed by atoms with E-state index in [1.807, 2.05) is 40.9 Å². The highest BCUT2D eigenvalue weighted by Gasteiger charge is 2.46. The summed E-state index contributed by atoms with van der Waals surface area (Å²) in [4.78, 5) is 31.1. The lowest BCUT2D eigenvalue weighted by atomic mass is 9.91. The van der Waals surface area contributed by atoms with E-state index in [2.05, 4.69) is 4.90 Å². The van der Waals surface area contributed by atoms with E-state index < -0.39 is 17.3 Å². The number of likely N-dealkylation sites (tertiary alicyclic amines) is 1. The Kier molecular flexibility index (Phi) is 7.40. The first kappa shape index (κ1) is 25.9. The monoisotopic (exact) mass is 533 g/mol. The number of hydrogen-bond acceptors (Lipinski definition) is 5. The SMILES string of the molecule is O=C1OC2(CCN(Cc3ccc(C(F)(F)F)cc3)CC2)CN1Cc1ccc(C(=O)N2CCSCC2)cc1. The van der Waals surface area contributed by atoms with Crippen molar-refractivity contribution in [2.24, 2.45) is 0 Å². The number of alkyl halides is 3. The summed E-state index contributed by atoms with van der Waals surface area (Å²) in [6.07, 6.45) is -3.31. The van der Waals surface area contributed by atoms with Gasteiger partial charge in [-0.05, 0) is 35.4 Å². The minimum Gasteiger partial charge on any atom is -0.441 e. The zero-order valence-electron chi connectivity index (χ0n) is 20.5. The molecule has 5 rings (SSSR count).